The molecule has 0 bridgehead atoms. The van der Waals surface area contributed by atoms with Gasteiger partial charge in [0.2, 0.25) is 0 Å². The Kier molecular flexibility index (Phi) is 7.24. The van der Waals surface area contributed by atoms with Gasteiger partial charge >= 0.3 is 0 Å². The van der Waals surface area contributed by atoms with Crippen LogP contribution in [0.5, 0.6) is 0 Å². The second-order valence-electron chi connectivity index (χ2n) is 4.94. The Balaban J connectivity index is 4.21. The molecular formula is C12H27NO2S. The predicted octanol–water partition coefficient (Wildman–Crippen LogP) is 2.22. The smallest absolute Gasteiger partial charge is 0.148 e. The van der Waals surface area contributed by atoms with E-state index in [0.717, 1.165) is 6.42 Å². The summed E-state index contributed by atoms with van der Waals surface area (Å²) in [5, 5.41) is 3.43. The maximum absolute atomic E-state index is 11.2. The molecule has 4 heteroatoms. The van der Waals surface area contributed by atoms with Gasteiger partial charge in [-0.3, -0.25) is 0 Å². The highest BCUT2D eigenvalue weighted by Gasteiger charge is 2.18. The molecule has 3 unspecified atom stereocenters. The zero-order valence-electron chi connectivity index (χ0n) is 11.3. The highest BCUT2D eigenvalue weighted by atomic mass is 32.2. The van der Waals surface area contributed by atoms with Crippen LogP contribution in [-0.4, -0.2) is 32.5 Å². The van der Waals surface area contributed by atoms with Crippen molar-refractivity contribution < 1.29 is 8.42 Å². The average molecular weight is 249 g/mol. The fourth-order valence-corrected chi connectivity index (χ4v) is 3.21. The Hall–Kier alpha value is -0.0900. The Morgan fingerprint density at radius 1 is 1.19 bits per heavy atom. The maximum Gasteiger partial charge on any atom is 0.148 e. The summed E-state index contributed by atoms with van der Waals surface area (Å²) >= 11 is 0. The van der Waals surface area contributed by atoms with E-state index in [-0.39, 0.29) is 11.8 Å². The van der Waals surface area contributed by atoms with Crippen LogP contribution in [-0.2, 0) is 9.84 Å². The second-order valence-corrected chi connectivity index (χ2v) is 7.13. The van der Waals surface area contributed by atoms with Gasteiger partial charge in [0, 0.05) is 18.3 Å². The van der Waals surface area contributed by atoms with Gasteiger partial charge in [-0.2, -0.15) is 0 Å². The standard InChI is InChI=1S/C12H27NO2S/c1-6-8-10(3)12(7-2)13-11(4)9-16(5,14)15/h10-13H,6-9H2,1-5H3. The van der Waals surface area contributed by atoms with Crippen LogP contribution < -0.4 is 5.32 Å². The molecule has 0 aliphatic rings. The molecule has 0 aromatic heterocycles. The third kappa shape index (κ3) is 7.23. The maximum atomic E-state index is 11.2. The first-order valence-electron chi connectivity index (χ1n) is 6.23. The molecule has 0 fully saturated rings. The lowest BCUT2D eigenvalue weighted by Crippen LogP contribution is -2.43. The molecule has 0 aliphatic carbocycles. The molecule has 0 saturated carbocycles. The zero-order chi connectivity index (χ0) is 12.8. The van der Waals surface area contributed by atoms with Crippen LogP contribution in [0.3, 0.4) is 0 Å². The van der Waals surface area contributed by atoms with Crippen molar-refractivity contribution in [3.05, 3.63) is 0 Å². The molecule has 98 valence electrons. The SMILES string of the molecule is CCCC(C)C(CC)NC(C)CS(C)(=O)=O. The number of sulfone groups is 1. The van der Waals surface area contributed by atoms with Crippen LogP contribution in [0.15, 0.2) is 0 Å². The summed E-state index contributed by atoms with van der Waals surface area (Å²) in [4.78, 5) is 0. The monoisotopic (exact) mass is 249 g/mol. The second kappa shape index (κ2) is 7.28. The van der Waals surface area contributed by atoms with E-state index in [1.54, 1.807) is 0 Å². The molecule has 0 radical (unpaired) electrons. The molecule has 0 saturated heterocycles. The quantitative estimate of drug-likeness (QED) is 0.717. The van der Waals surface area contributed by atoms with Crippen molar-refractivity contribution in [1.29, 1.82) is 0 Å². The predicted molar refractivity (Wildman–Crippen MR) is 70.5 cm³/mol. The van der Waals surface area contributed by atoms with Crippen molar-refractivity contribution in [2.24, 2.45) is 5.92 Å². The zero-order valence-corrected chi connectivity index (χ0v) is 12.1. The Bertz CT molecular complexity index is 275. The number of nitrogens with one attached hydrogen (secondary N) is 1. The molecule has 1 N–H and O–H groups in total. The summed E-state index contributed by atoms with van der Waals surface area (Å²) in [6, 6.07) is 0.468. The van der Waals surface area contributed by atoms with Crippen LogP contribution in [0.25, 0.3) is 0 Å². The summed E-state index contributed by atoms with van der Waals surface area (Å²) in [7, 11) is -2.88. The summed E-state index contributed by atoms with van der Waals surface area (Å²) in [5.74, 6) is 0.833. The van der Waals surface area contributed by atoms with Crippen LogP contribution in [0.2, 0.25) is 0 Å². The topological polar surface area (TPSA) is 46.2 Å². The molecule has 0 aromatic rings. The first kappa shape index (κ1) is 15.9. The molecule has 0 aliphatic heterocycles. The minimum atomic E-state index is -2.88. The van der Waals surface area contributed by atoms with E-state index in [0.29, 0.717) is 12.0 Å². The molecular weight excluding hydrogens is 222 g/mol. The minimum absolute atomic E-state index is 0.0410. The van der Waals surface area contributed by atoms with Gasteiger partial charge in [-0.05, 0) is 25.7 Å². The van der Waals surface area contributed by atoms with Gasteiger partial charge in [0.15, 0.2) is 0 Å². The van der Waals surface area contributed by atoms with Crippen LogP contribution in [0.4, 0.5) is 0 Å². The molecule has 3 atom stereocenters. The third-order valence-electron chi connectivity index (χ3n) is 2.92. The molecule has 0 aromatic carbocycles. The van der Waals surface area contributed by atoms with E-state index < -0.39 is 9.84 Å². The number of hydrogen-bond acceptors (Lipinski definition) is 3. The van der Waals surface area contributed by atoms with E-state index in [4.69, 9.17) is 0 Å². The molecule has 0 heterocycles. The fraction of sp³-hybridized carbons (Fsp3) is 1.00. The van der Waals surface area contributed by atoms with Crippen molar-refractivity contribution >= 4 is 9.84 Å². The van der Waals surface area contributed by atoms with Gasteiger partial charge in [-0.25, -0.2) is 8.42 Å². The third-order valence-corrected chi connectivity index (χ3v) is 4.03. The van der Waals surface area contributed by atoms with Gasteiger partial charge in [-0.1, -0.05) is 27.2 Å². The lowest BCUT2D eigenvalue weighted by atomic mass is 9.94. The lowest BCUT2D eigenvalue weighted by Gasteiger charge is -2.27. The Morgan fingerprint density at radius 3 is 2.12 bits per heavy atom. The summed E-state index contributed by atoms with van der Waals surface area (Å²) < 4.78 is 22.3. The molecule has 3 nitrogen and oxygen atoms in total. The normalized spacial score (nSPS) is 18.1. The van der Waals surface area contributed by atoms with Gasteiger partial charge < -0.3 is 5.32 Å². The van der Waals surface area contributed by atoms with E-state index in [9.17, 15) is 8.42 Å². The summed E-state index contributed by atoms with van der Waals surface area (Å²) in [6.45, 7) is 8.51. The van der Waals surface area contributed by atoms with E-state index in [1.807, 2.05) is 6.92 Å². The molecule has 0 rings (SSSR count). The molecule has 0 spiro atoms. The first-order valence-corrected chi connectivity index (χ1v) is 8.30. The van der Waals surface area contributed by atoms with Gasteiger partial charge in [0.25, 0.3) is 0 Å². The van der Waals surface area contributed by atoms with Crippen molar-refractivity contribution in [3.8, 4) is 0 Å². The highest BCUT2D eigenvalue weighted by Crippen LogP contribution is 2.14. The average Bonchev–Trinajstić information content (AvgIpc) is 2.11. The lowest BCUT2D eigenvalue weighted by molar-refractivity contribution is 0.326. The first-order chi connectivity index (χ1) is 7.30. The summed E-state index contributed by atoms with van der Waals surface area (Å²) in [6.07, 6.45) is 4.72. The molecule has 16 heavy (non-hydrogen) atoms. The number of hydrogen-bond donors (Lipinski definition) is 1. The van der Waals surface area contributed by atoms with Gasteiger partial charge in [0.05, 0.1) is 5.75 Å². The van der Waals surface area contributed by atoms with Crippen molar-refractivity contribution in [3.63, 3.8) is 0 Å². The van der Waals surface area contributed by atoms with E-state index in [1.165, 1.54) is 19.1 Å². The van der Waals surface area contributed by atoms with E-state index in [2.05, 4.69) is 26.1 Å². The Morgan fingerprint density at radius 2 is 1.75 bits per heavy atom. The largest absolute Gasteiger partial charge is 0.310 e. The fourth-order valence-electron chi connectivity index (χ4n) is 2.21. The van der Waals surface area contributed by atoms with Crippen molar-refractivity contribution in [2.45, 2.75) is 59.0 Å². The van der Waals surface area contributed by atoms with Crippen LogP contribution in [0.1, 0.15) is 47.0 Å². The van der Waals surface area contributed by atoms with Crippen molar-refractivity contribution in [2.75, 3.05) is 12.0 Å². The van der Waals surface area contributed by atoms with Crippen LogP contribution in [0, 0.1) is 5.92 Å². The minimum Gasteiger partial charge on any atom is -0.310 e. The van der Waals surface area contributed by atoms with Gasteiger partial charge in [0.1, 0.15) is 9.84 Å². The highest BCUT2D eigenvalue weighted by molar-refractivity contribution is 7.90. The van der Waals surface area contributed by atoms with Crippen molar-refractivity contribution in [1.82, 2.24) is 5.32 Å². The van der Waals surface area contributed by atoms with Crippen LogP contribution >= 0.6 is 0 Å². The Labute approximate surface area is 101 Å². The molecule has 0 amide bonds. The number of rotatable bonds is 8. The summed E-state index contributed by atoms with van der Waals surface area (Å²) in [5.41, 5.74) is 0. The van der Waals surface area contributed by atoms with E-state index >= 15 is 0 Å². The van der Waals surface area contributed by atoms with Gasteiger partial charge in [-0.15, -0.1) is 0 Å².